The molecule has 0 unspecified atom stereocenters. The summed E-state index contributed by atoms with van der Waals surface area (Å²) in [5.41, 5.74) is 4.03. The van der Waals surface area contributed by atoms with Crippen molar-refractivity contribution in [2.75, 3.05) is 5.43 Å². The van der Waals surface area contributed by atoms with Gasteiger partial charge < -0.3 is 0 Å². The smallest absolute Gasteiger partial charge is 0.146 e. The summed E-state index contributed by atoms with van der Waals surface area (Å²) in [7, 11) is 0. The molecule has 76 valence electrons. The van der Waals surface area contributed by atoms with Gasteiger partial charge in [-0.05, 0) is 31.4 Å². The highest BCUT2D eigenvalue weighted by atomic mass is 15.3. The van der Waals surface area contributed by atoms with E-state index in [1.54, 1.807) is 6.20 Å². The molecule has 0 aliphatic carbocycles. The van der Waals surface area contributed by atoms with Gasteiger partial charge in [0.2, 0.25) is 0 Å². The Morgan fingerprint density at radius 2 is 2.29 bits per heavy atom. The Labute approximate surface area is 85.3 Å². The SMILES string of the molecule is CC(CC(C)C)=NNc1ccccn1. The highest BCUT2D eigenvalue weighted by Crippen LogP contribution is 2.03. The Balaban J connectivity index is 2.47. The first kappa shape index (κ1) is 10.7. The van der Waals surface area contributed by atoms with Crippen LogP contribution in [-0.4, -0.2) is 10.7 Å². The molecule has 0 saturated carbocycles. The first-order chi connectivity index (χ1) is 6.68. The Bertz CT molecular complexity index is 291. The fourth-order valence-electron chi connectivity index (χ4n) is 1.22. The molecule has 1 heterocycles. The average Bonchev–Trinajstić information content (AvgIpc) is 2.15. The molecule has 3 heteroatoms. The topological polar surface area (TPSA) is 37.3 Å². The zero-order chi connectivity index (χ0) is 10.4. The van der Waals surface area contributed by atoms with Crippen molar-refractivity contribution in [1.82, 2.24) is 4.98 Å². The number of hydrogen-bond donors (Lipinski definition) is 1. The van der Waals surface area contributed by atoms with Crippen molar-refractivity contribution in [2.45, 2.75) is 27.2 Å². The minimum Gasteiger partial charge on any atom is -0.261 e. The third-order valence-electron chi connectivity index (χ3n) is 1.73. The summed E-state index contributed by atoms with van der Waals surface area (Å²) in [6.45, 7) is 6.38. The van der Waals surface area contributed by atoms with E-state index >= 15 is 0 Å². The summed E-state index contributed by atoms with van der Waals surface area (Å²) >= 11 is 0. The number of nitrogens with zero attached hydrogens (tertiary/aromatic N) is 2. The molecule has 1 aromatic rings. The first-order valence-corrected chi connectivity index (χ1v) is 4.88. The standard InChI is InChI=1S/C11H17N3/c1-9(2)8-10(3)13-14-11-6-4-5-7-12-11/h4-7,9H,8H2,1-3H3,(H,12,14). The molecule has 1 N–H and O–H groups in total. The maximum atomic E-state index is 4.24. The van der Waals surface area contributed by atoms with Crippen LogP contribution in [0.5, 0.6) is 0 Å². The lowest BCUT2D eigenvalue weighted by molar-refractivity contribution is 0.681. The number of nitrogens with one attached hydrogen (secondary N) is 1. The summed E-state index contributed by atoms with van der Waals surface area (Å²) < 4.78 is 0. The fraction of sp³-hybridized carbons (Fsp3) is 0.455. The predicted molar refractivity (Wildman–Crippen MR) is 60.4 cm³/mol. The molecule has 0 spiro atoms. The average molecular weight is 191 g/mol. The quantitative estimate of drug-likeness (QED) is 0.587. The first-order valence-electron chi connectivity index (χ1n) is 4.88. The molecule has 0 aliphatic rings. The number of hydrazone groups is 1. The van der Waals surface area contributed by atoms with Crippen LogP contribution < -0.4 is 5.43 Å². The van der Waals surface area contributed by atoms with E-state index in [1.165, 1.54) is 0 Å². The maximum absolute atomic E-state index is 4.24. The van der Waals surface area contributed by atoms with Crippen LogP contribution in [0.3, 0.4) is 0 Å². The second kappa shape index (κ2) is 5.37. The minimum absolute atomic E-state index is 0.643. The van der Waals surface area contributed by atoms with Gasteiger partial charge in [0.15, 0.2) is 0 Å². The van der Waals surface area contributed by atoms with Crippen molar-refractivity contribution in [3.05, 3.63) is 24.4 Å². The van der Waals surface area contributed by atoms with Crippen LogP contribution in [0.15, 0.2) is 29.5 Å². The maximum Gasteiger partial charge on any atom is 0.146 e. The van der Waals surface area contributed by atoms with Gasteiger partial charge in [-0.3, -0.25) is 5.43 Å². The Hall–Kier alpha value is -1.38. The summed E-state index contributed by atoms with van der Waals surface area (Å²) in [5.74, 6) is 1.43. The molecule has 0 radical (unpaired) electrons. The van der Waals surface area contributed by atoms with Gasteiger partial charge in [-0.25, -0.2) is 4.98 Å². The number of pyridine rings is 1. The van der Waals surface area contributed by atoms with Gasteiger partial charge in [-0.1, -0.05) is 19.9 Å². The fourth-order valence-corrected chi connectivity index (χ4v) is 1.22. The molecule has 0 saturated heterocycles. The van der Waals surface area contributed by atoms with E-state index in [1.807, 2.05) is 25.1 Å². The van der Waals surface area contributed by atoms with E-state index in [0.717, 1.165) is 18.0 Å². The van der Waals surface area contributed by atoms with Gasteiger partial charge in [0.25, 0.3) is 0 Å². The van der Waals surface area contributed by atoms with Gasteiger partial charge in [0, 0.05) is 11.9 Å². The molecule has 14 heavy (non-hydrogen) atoms. The van der Waals surface area contributed by atoms with Crippen molar-refractivity contribution in [2.24, 2.45) is 11.0 Å². The molecule has 0 amide bonds. The van der Waals surface area contributed by atoms with Gasteiger partial charge in [-0.15, -0.1) is 0 Å². The molecule has 0 fully saturated rings. The zero-order valence-corrected chi connectivity index (χ0v) is 8.99. The van der Waals surface area contributed by atoms with Crippen molar-refractivity contribution >= 4 is 11.5 Å². The number of hydrogen-bond acceptors (Lipinski definition) is 3. The van der Waals surface area contributed by atoms with Crippen LogP contribution in [0.1, 0.15) is 27.2 Å². The van der Waals surface area contributed by atoms with Gasteiger partial charge >= 0.3 is 0 Å². The monoisotopic (exact) mass is 191 g/mol. The Kier molecular flexibility index (Phi) is 4.11. The Morgan fingerprint density at radius 3 is 2.86 bits per heavy atom. The van der Waals surface area contributed by atoms with Gasteiger partial charge in [-0.2, -0.15) is 5.10 Å². The lowest BCUT2D eigenvalue weighted by Gasteiger charge is -2.04. The lowest BCUT2D eigenvalue weighted by atomic mass is 10.1. The number of rotatable bonds is 4. The number of anilines is 1. The summed E-state index contributed by atoms with van der Waals surface area (Å²) in [5, 5.41) is 4.24. The molecule has 0 atom stereocenters. The van der Waals surface area contributed by atoms with Crippen LogP contribution >= 0.6 is 0 Å². The summed E-state index contributed by atoms with van der Waals surface area (Å²) in [6.07, 6.45) is 2.76. The van der Waals surface area contributed by atoms with Gasteiger partial charge in [0.1, 0.15) is 5.82 Å². The molecule has 1 aromatic heterocycles. The van der Waals surface area contributed by atoms with E-state index < -0.39 is 0 Å². The van der Waals surface area contributed by atoms with E-state index in [0.29, 0.717) is 5.92 Å². The van der Waals surface area contributed by atoms with Crippen molar-refractivity contribution < 1.29 is 0 Å². The van der Waals surface area contributed by atoms with E-state index in [2.05, 4.69) is 29.4 Å². The summed E-state index contributed by atoms with van der Waals surface area (Å²) in [4.78, 5) is 4.11. The van der Waals surface area contributed by atoms with Crippen LogP contribution in [0.2, 0.25) is 0 Å². The largest absolute Gasteiger partial charge is 0.261 e. The van der Waals surface area contributed by atoms with Crippen LogP contribution in [0.4, 0.5) is 5.82 Å². The van der Waals surface area contributed by atoms with Crippen molar-refractivity contribution in [3.63, 3.8) is 0 Å². The molecule has 1 rings (SSSR count). The predicted octanol–water partition coefficient (Wildman–Crippen LogP) is 2.92. The van der Waals surface area contributed by atoms with Crippen LogP contribution in [0.25, 0.3) is 0 Å². The van der Waals surface area contributed by atoms with E-state index in [9.17, 15) is 0 Å². The third-order valence-corrected chi connectivity index (χ3v) is 1.73. The Morgan fingerprint density at radius 1 is 1.50 bits per heavy atom. The molecule has 0 bridgehead atoms. The zero-order valence-electron chi connectivity index (χ0n) is 8.99. The van der Waals surface area contributed by atoms with Crippen LogP contribution in [0, 0.1) is 5.92 Å². The second-order valence-corrected chi connectivity index (χ2v) is 3.77. The van der Waals surface area contributed by atoms with Gasteiger partial charge in [0.05, 0.1) is 0 Å². The third kappa shape index (κ3) is 4.03. The molecule has 3 nitrogen and oxygen atoms in total. The lowest BCUT2D eigenvalue weighted by Crippen LogP contribution is -2.02. The van der Waals surface area contributed by atoms with Crippen LogP contribution in [-0.2, 0) is 0 Å². The van der Waals surface area contributed by atoms with Crippen molar-refractivity contribution in [3.8, 4) is 0 Å². The highest BCUT2D eigenvalue weighted by molar-refractivity contribution is 5.82. The summed E-state index contributed by atoms with van der Waals surface area (Å²) in [6, 6.07) is 5.71. The molecule has 0 aromatic carbocycles. The normalized spacial score (nSPS) is 11.9. The van der Waals surface area contributed by atoms with E-state index in [-0.39, 0.29) is 0 Å². The molecular formula is C11H17N3. The molecule has 0 aliphatic heterocycles. The van der Waals surface area contributed by atoms with Crippen molar-refractivity contribution in [1.29, 1.82) is 0 Å². The second-order valence-electron chi connectivity index (χ2n) is 3.77. The molecular weight excluding hydrogens is 174 g/mol. The van der Waals surface area contributed by atoms with E-state index in [4.69, 9.17) is 0 Å². The highest BCUT2D eigenvalue weighted by Gasteiger charge is 1.96. The minimum atomic E-state index is 0.643. The number of aromatic nitrogens is 1.